The number of hydrogen-bond donors (Lipinski definition) is 0. The van der Waals surface area contributed by atoms with Crippen LogP contribution < -0.4 is 9.47 Å². The Balaban J connectivity index is 2.23. The molecule has 2 aromatic carbocycles. The highest BCUT2D eigenvalue weighted by atomic mass is 32.2. The molecule has 0 spiro atoms. The van der Waals surface area contributed by atoms with Gasteiger partial charge in [0.05, 0.1) is 37.7 Å². The van der Waals surface area contributed by atoms with E-state index in [1.165, 1.54) is 40.4 Å². The molecule has 0 bridgehead atoms. The number of benzene rings is 2. The average Bonchev–Trinajstić information content (AvgIpc) is 3.25. The number of esters is 1. The van der Waals surface area contributed by atoms with Gasteiger partial charge < -0.3 is 14.2 Å². The third-order valence-corrected chi connectivity index (χ3v) is 7.39. The van der Waals surface area contributed by atoms with Gasteiger partial charge in [-0.1, -0.05) is 23.9 Å². The molecule has 0 radical (unpaired) electrons. The zero-order valence-electron chi connectivity index (χ0n) is 18.8. The summed E-state index contributed by atoms with van der Waals surface area (Å²) in [5, 5.41) is 8.94. The van der Waals surface area contributed by atoms with Gasteiger partial charge in [-0.15, -0.1) is 10.2 Å². The van der Waals surface area contributed by atoms with Crippen molar-refractivity contribution in [1.82, 2.24) is 19.1 Å². The smallest absolute Gasteiger partial charge is 0.316 e. The Hall–Kier alpha value is -3.09. The maximum absolute atomic E-state index is 12.7. The van der Waals surface area contributed by atoms with Crippen LogP contribution in [0.2, 0.25) is 0 Å². The van der Waals surface area contributed by atoms with Crippen LogP contribution in [0.3, 0.4) is 0 Å². The van der Waals surface area contributed by atoms with Gasteiger partial charge in [-0.05, 0) is 24.3 Å². The van der Waals surface area contributed by atoms with Gasteiger partial charge in [0.1, 0.15) is 11.5 Å². The van der Waals surface area contributed by atoms with Crippen LogP contribution in [0.5, 0.6) is 11.5 Å². The van der Waals surface area contributed by atoms with Crippen LogP contribution >= 0.6 is 11.8 Å². The van der Waals surface area contributed by atoms with Gasteiger partial charge in [0.15, 0.2) is 11.0 Å². The monoisotopic (exact) mass is 492 g/mol. The van der Waals surface area contributed by atoms with Gasteiger partial charge in [-0.3, -0.25) is 9.36 Å². The molecule has 0 aliphatic rings. The Morgan fingerprint density at radius 2 is 1.82 bits per heavy atom. The van der Waals surface area contributed by atoms with Crippen LogP contribution in [0.4, 0.5) is 0 Å². The van der Waals surface area contributed by atoms with Gasteiger partial charge in [0.25, 0.3) is 0 Å². The number of hydrogen-bond acceptors (Lipinski definition) is 9. The van der Waals surface area contributed by atoms with Crippen LogP contribution in [0.25, 0.3) is 17.1 Å². The van der Waals surface area contributed by atoms with Crippen molar-refractivity contribution in [1.29, 1.82) is 0 Å². The first kappa shape index (κ1) is 24.6. The Morgan fingerprint density at radius 3 is 2.45 bits per heavy atom. The molecular weight excluding hydrogens is 468 g/mol. The van der Waals surface area contributed by atoms with Crippen molar-refractivity contribution in [2.75, 3.05) is 41.2 Å². The molecule has 10 nitrogen and oxygen atoms in total. The lowest BCUT2D eigenvalue weighted by Gasteiger charge is -2.16. The van der Waals surface area contributed by atoms with Crippen LogP contribution in [0.1, 0.15) is 0 Å². The zero-order valence-corrected chi connectivity index (χ0v) is 20.4. The fourth-order valence-electron chi connectivity index (χ4n) is 2.93. The summed E-state index contributed by atoms with van der Waals surface area (Å²) in [4.78, 5) is 11.8. The SMILES string of the molecule is COC(=O)CSc1nnc(-c2cccc(S(=O)(=O)N(C)C)c2)n1-c1cc(OC)ccc1OC. The number of sulfonamides is 1. The highest BCUT2D eigenvalue weighted by molar-refractivity contribution is 7.99. The Kier molecular flexibility index (Phi) is 7.61. The molecule has 12 heteroatoms. The maximum Gasteiger partial charge on any atom is 0.316 e. The van der Waals surface area contributed by atoms with Crippen molar-refractivity contribution in [3.8, 4) is 28.6 Å². The fraction of sp³-hybridized carbons (Fsp3) is 0.286. The Bertz CT molecular complexity index is 1260. The molecule has 0 N–H and O–H groups in total. The minimum absolute atomic E-state index is 0.00989. The molecule has 3 aromatic rings. The molecular formula is C21H24N4O6S2. The van der Waals surface area contributed by atoms with E-state index < -0.39 is 16.0 Å². The van der Waals surface area contributed by atoms with Crippen molar-refractivity contribution < 1.29 is 27.4 Å². The molecule has 176 valence electrons. The van der Waals surface area contributed by atoms with Crippen LogP contribution in [0.15, 0.2) is 52.5 Å². The minimum atomic E-state index is -3.66. The predicted molar refractivity (Wildman–Crippen MR) is 124 cm³/mol. The normalized spacial score (nSPS) is 11.5. The van der Waals surface area contributed by atoms with Crippen molar-refractivity contribution in [2.45, 2.75) is 10.1 Å². The summed E-state index contributed by atoms with van der Waals surface area (Å²) in [5.41, 5.74) is 1.07. The Morgan fingerprint density at radius 1 is 1.06 bits per heavy atom. The van der Waals surface area contributed by atoms with Crippen LogP contribution in [-0.4, -0.2) is 74.6 Å². The summed E-state index contributed by atoms with van der Waals surface area (Å²) in [5.74, 6) is 1.03. The molecule has 3 rings (SSSR count). The summed E-state index contributed by atoms with van der Waals surface area (Å²) in [6.07, 6.45) is 0. The van der Waals surface area contributed by atoms with Crippen LogP contribution in [-0.2, 0) is 19.6 Å². The molecule has 0 aliphatic carbocycles. The number of carbonyl (C=O) groups excluding carboxylic acids is 1. The number of methoxy groups -OCH3 is 3. The molecule has 0 aliphatic heterocycles. The van der Waals surface area contributed by atoms with E-state index >= 15 is 0 Å². The lowest BCUT2D eigenvalue weighted by atomic mass is 10.2. The summed E-state index contributed by atoms with van der Waals surface area (Å²) < 4.78 is 43.8. The van der Waals surface area contributed by atoms with E-state index in [-0.39, 0.29) is 10.6 Å². The van der Waals surface area contributed by atoms with Crippen LogP contribution in [0, 0.1) is 0 Å². The first-order valence-corrected chi connectivity index (χ1v) is 12.1. The number of carbonyl (C=O) groups is 1. The van der Waals surface area contributed by atoms with Crippen molar-refractivity contribution in [2.24, 2.45) is 0 Å². The first-order valence-electron chi connectivity index (χ1n) is 9.63. The van der Waals surface area contributed by atoms with Gasteiger partial charge in [-0.25, -0.2) is 12.7 Å². The maximum atomic E-state index is 12.7. The molecule has 0 saturated heterocycles. The second-order valence-corrected chi connectivity index (χ2v) is 9.95. The standard InChI is InChI=1S/C21H24N4O6S2/c1-24(2)33(27,28)16-8-6-7-14(11-16)20-22-23-21(32-13-19(26)31-5)25(20)17-12-15(29-3)9-10-18(17)30-4/h6-12H,13H2,1-5H3. The largest absolute Gasteiger partial charge is 0.497 e. The lowest BCUT2D eigenvalue weighted by Crippen LogP contribution is -2.22. The van der Waals surface area contributed by atoms with Crippen molar-refractivity contribution >= 4 is 27.8 Å². The molecule has 0 atom stereocenters. The van der Waals surface area contributed by atoms with Gasteiger partial charge in [0.2, 0.25) is 10.0 Å². The van der Waals surface area contributed by atoms with E-state index in [9.17, 15) is 13.2 Å². The topological polar surface area (TPSA) is 113 Å². The van der Waals surface area contributed by atoms with E-state index in [0.29, 0.717) is 33.7 Å². The quantitative estimate of drug-likeness (QED) is 0.328. The van der Waals surface area contributed by atoms with Gasteiger partial charge >= 0.3 is 5.97 Å². The summed E-state index contributed by atoms with van der Waals surface area (Å²) >= 11 is 1.13. The average molecular weight is 493 g/mol. The van der Waals surface area contributed by atoms with E-state index in [0.717, 1.165) is 16.1 Å². The molecule has 0 amide bonds. The highest BCUT2D eigenvalue weighted by Crippen LogP contribution is 2.35. The molecule has 1 heterocycles. The van der Waals surface area contributed by atoms with Gasteiger partial charge in [-0.2, -0.15) is 0 Å². The molecule has 0 unspecified atom stereocenters. The Labute approximate surface area is 196 Å². The number of rotatable bonds is 9. The summed E-state index contributed by atoms with van der Waals surface area (Å²) in [7, 11) is 3.65. The van der Waals surface area contributed by atoms with Crippen molar-refractivity contribution in [3.63, 3.8) is 0 Å². The second-order valence-electron chi connectivity index (χ2n) is 6.86. The zero-order chi connectivity index (χ0) is 24.2. The predicted octanol–water partition coefficient (Wildman–Crippen LogP) is 2.47. The third kappa shape index (κ3) is 5.13. The molecule has 0 saturated carbocycles. The van der Waals surface area contributed by atoms with Crippen molar-refractivity contribution in [3.05, 3.63) is 42.5 Å². The van der Waals surface area contributed by atoms with E-state index in [4.69, 9.17) is 14.2 Å². The van der Waals surface area contributed by atoms with E-state index in [2.05, 4.69) is 10.2 Å². The third-order valence-electron chi connectivity index (χ3n) is 4.68. The minimum Gasteiger partial charge on any atom is -0.497 e. The molecule has 1 aromatic heterocycles. The number of nitrogens with zero attached hydrogens (tertiary/aromatic N) is 4. The number of thioether (sulfide) groups is 1. The summed E-state index contributed by atoms with van der Waals surface area (Å²) in [6.45, 7) is 0. The fourth-order valence-corrected chi connectivity index (χ4v) is 4.65. The molecule has 33 heavy (non-hydrogen) atoms. The van der Waals surface area contributed by atoms with E-state index in [1.54, 1.807) is 42.0 Å². The highest BCUT2D eigenvalue weighted by Gasteiger charge is 2.23. The summed E-state index contributed by atoms with van der Waals surface area (Å²) in [6, 6.07) is 11.6. The lowest BCUT2D eigenvalue weighted by molar-refractivity contribution is -0.137. The second kappa shape index (κ2) is 10.2. The number of ether oxygens (including phenoxy) is 3. The van der Waals surface area contributed by atoms with E-state index in [1.807, 2.05) is 0 Å². The number of aromatic nitrogens is 3. The first-order chi connectivity index (χ1) is 15.7. The molecule has 0 fully saturated rings. The van der Waals surface area contributed by atoms with Gasteiger partial charge in [0, 0.05) is 25.7 Å².